The first-order chi connectivity index (χ1) is 28.7. The molecule has 0 spiro atoms. The molecule has 0 N–H and O–H groups in total. The van der Waals surface area contributed by atoms with E-state index in [1.165, 1.54) is 16.7 Å². The second-order valence-corrected chi connectivity index (χ2v) is 18.8. The van der Waals surface area contributed by atoms with E-state index < -0.39 is 6.85 Å². The number of pyridine rings is 1. The topological polar surface area (TPSA) is 33.5 Å². The number of aromatic nitrogens is 2. The molecule has 0 bridgehead atoms. The summed E-state index contributed by atoms with van der Waals surface area (Å²) in [5.41, 5.74) is 11.0. The number of para-hydroxylation sites is 2. The maximum Gasteiger partial charge on any atom is 0.135 e. The summed E-state index contributed by atoms with van der Waals surface area (Å²) in [7, 11) is 0. The van der Waals surface area contributed by atoms with Crippen molar-refractivity contribution in [2.45, 2.75) is 99.8 Å². The number of fused-ring (bicyclic) bond motifs is 4. The molecule has 1 aliphatic heterocycles. The monoisotopic (exact) mass is 963 g/mol. The van der Waals surface area contributed by atoms with Crippen molar-refractivity contribution >= 4 is 44.6 Å². The van der Waals surface area contributed by atoms with Crippen molar-refractivity contribution < 1.29 is 29.9 Å². The average Bonchev–Trinajstić information content (AvgIpc) is 3.73. The van der Waals surface area contributed by atoms with Gasteiger partial charge in [-0.15, -0.1) is 48.3 Å². The van der Waals surface area contributed by atoms with Crippen LogP contribution in [0.15, 0.2) is 103 Å². The number of benzene rings is 5. The molecule has 0 fully saturated rings. The van der Waals surface area contributed by atoms with Crippen LogP contribution in [-0.4, -0.2) is 9.55 Å². The van der Waals surface area contributed by atoms with Crippen LogP contribution in [0.3, 0.4) is 0 Å². The number of nitrogens with zero attached hydrogens (tertiary/aromatic N) is 4. The molecule has 0 saturated heterocycles. The number of rotatable bonds is 9. The van der Waals surface area contributed by atoms with Gasteiger partial charge in [0.05, 0.1) is 0 Å². The summed E-state index contributed by atoms with van der Waals surface area (Å²) < 4.78 is 33.3. The molecule has 0 aliphatic carbocycles. The fourth-order valence-electron chi connectivity index (χ4n) is 8.08. The number of anilines is 4. The summed E-state index contributed by atoms with van der Waals surface area (Å²) in [6.07, 6.45) is 3.34. The zero-order valence-electron chi connectivity index (χ0n) is 39.0. The molecule has 5 nitrogen and oxygen atoms in total. The van der Waals surface area contributed by atoms with E-state index in [1.807, 2.05) is 16.7 Å². The van der Waals surface area contributed by atoms with Crippen molar-refractivity contribution in [2.75, 3.05) is 9.80 Å². The predicted molar refractivity (Wildman–Crippen MR) is 243 cm³/mol. The van der Waals surface area contributed by atoms with Gasteiger partial charge in [-0.2, -0.15) is 6.07 Å². The van der Waals surface area contributed by atoms with Crippen LogP contribution in [0.1, 0.15) is 101 Å². The minimum Gasteiger partial charge on any atom is -0.509 e. The van der Waals surface area contributed by atoms with Gasteiger partial charge in [0, 0.05) is 65.5 Å². The number of hydrogen-bond acceptors (Lipinski definition) is 4. The van der Waals surface area contributed by atoms with Gasteiger partial charge < -0.3 is 19.1 Å². The first kappa shape index (κ1) is 38.3. The Labute approximate surface area is 370 Å². The summed E-state index contributed by atoms with van der Waals surface area (Å²) >= 11 is 0. The van der Waals surface area contributed by atoms with Crippen LogP contribution in [0, 0.1) is 37.5 Å². The Balaban J connectivity index is 0.00000578. The second kappa shape index (κ2) is 16.3. The minimum atomic E-state index is -2.28. The van der Waals surface area contributed by atoms with Crippen LogP contribution in [0.2, 0.25) is 0 Å². The van der Waals surface area contributed by atoms with E-state index in [-0.39, 0.29) is 37.5 Å². The van der Waals surface area contributed by atoms with Crippen LogP contribution in [0.4, 0.5) is 22.7 Å². The third-order valence-corrected chi connectivity index (χ3v) is 10.9. The van der Waals surface area contributed by atoms with Gasteiger partial charge in [-0.25, -0.2) is 4.98 Å². The Morgan fingerprint density at radius 3 is 2.08 bits per heavy atom. The summed E-state index contributed by atoms with van der Waals surface area (Å²) in [6, 6.07) is 40.6. The van der Waals surface area contributed by atoms with Gasteiger partial charge in [0.1, 0.15) is 5.82 Å². The molecule has 3 heterocycles. The first-order valence-electron chi connectivity index (χ1n) is 22.1. The molecule has 0 radical (unpaired) electrons. The van der Waals surface area contributed by atoms with E-state index >= 15 is 0 Å². The average molecular weight is 964 g/mol. The summed E-state index contributed by atoms with van der Waals surface area (Å²) in [4.78, 5) is 9.20. The maximum atomic E-state index is 8.18. The van der Waals surface area contributed by atoms with Crippen molar-refractivity contribution in [3.05, 3.63) is 150 Å². The maximum absolute atomic E-state index is 8.18. The quantitative estimate of drug-likeness (QED) is 0.135. The fraction of sp³-hybridized carbons (Fsp3) is 0.321. The standard InChI is InChI=1S/C53H57N4O.Pt/c1-34(2)23-37-19-20-46-45(26-37)51-38(24-35(3)4)27-44(32-49(51)57(46)50-25-36(5)21-22-54-50)58-43-16-14-15-41(31-43)55-33-56(48-18-13-12-17-47(48)55)42-29-39(52(6,7)8)28-40(30-42)53(9,10)11;/h12-22,25-30,33-35H,23-24H2,1-11H3;/q-3;/i5D3;. The van der Waals surface area contributed by atoms with Gasteiger partial charge >= 0.3 is 0 Å². The summed E-state index contributed by atoms with van der Waals surface area (Å²) in [5, 5.41) is 2.17. The summed E-state index contributed by atoms with van der Waals surface area (Å²) in [5.74, 6) is 2.49. The van der Waals surface area contributed by atoms with Crippen molar-refractivity contribution in [1.82, 2.24) is 9.55 Å². The Morgan fingerprint density at radius 2 is 1.42 bits per heavy atom. The Morgan fingerprint density at radius 1 is 0.729 bits per heavy atom. The number of aryl methyl sites for hydroxylation is 1. The van der Waals surface area contributed by atoms with Crippen LogP contribution >= 0.6 is 0 Å². The van der Waals surface area contributed by atoms with Gasteiger partial charge in [-0.1, -0.05) is 110 Å². The summed E-state index contributed by atoms with van der Waals surface area (Å²) in [6.45, 7) is 22.4. The molecular weight excluding hydrogens is 904 g/mol. The zero-order valence-corrected chi connectivity index (χ0v) is 38.2. The van der Waals surface area contributed by atoms with Crippen molar-refractivity contribution in [2.24, 2.45) is 11.8 Å². The molecule has 2 aromatic heterocycles. The predicted octanol–water partition coefficient (Wildman–Crippen LogP) is 14.3. The fourth-order valence-corrected chi connectivity index (χ4v) is 8.08. The smallest absolute Gasteiger partial charge is 0.135 e. The zero-order chi connectivity index (χ0) is 43.6. The molecule has 0 saturated carbocycles. The van der Waals surface area contributed by atoms with E-state index in [1.54, 1.807) is 18.3 Å². The Bertz CT molecular complexity index is 2720. The molecule has 59 heavy (non-hydrogen) atoms. The van der Waals surface area contributed by atoms with Crippen LogP contribution in [-0.2, 0) is 44.7 Å². The molecule has 0 unspecified atom stereocenters. The van der Waals surface area contributed by atoms with Crippen LogP contribution in [0.5, 0.6) is 11.5 Å². The Kier molecular flexibility index (Phi) is 10.6. The van der Waals surface area contributed by atoms with E-state index in [4.69, 9.17) is 13.8 Å². The number of hydrogen-bond donors (Lipinski definition) is 0. The van der Waals surface area contributed by atoms with E-state index in [0.29, 0.717) is 29.2 Å². The third kappa shape index (κ3) is 8.60. The molecular formula is C53H57N4OPt-3. The molecule has 0 amide bonds. The van der Waals surface area contributed by atoms with Crippen LogP contribution < -0.4 is 14.5 Å². The molecule has 308 valence electrons. The molecule has 0 atom stereocenters. The molecule has 5 aromatic carbocycles. The van der Waals surface area contributed by atoms with Gasteiger partial charge in [0.15, 0.2) is 0 Å². The normalized spacial score (nSPS) is 14.1. The molecule has 7 aromatic rings. The molecule has 8 rings (SSSR count). The SMILES string of the molecule is [2H]C([2H])([2H])c1ccnc(-n2c3[c-]c(Oc4[c-]c(N5[CH-]N(c6cc(C(C)(C)C)cc(C(C)(C)C)c6)c6ccccc65)ccc4)cc(CC(C)C)c3c3cc(CC(C)C)ccc32)c1.[Pt]. The van der Waals surface area contributed by atoms with Crippen molar-refractivity contribution in [1.29, 1.82) is 0 Å². The van der Waals surface area contributed by atoms with E-state index in [0.717, 1.165) is 63.0 Å². The van der Waals surface area contributed by atoms with Gasteiger partial charge in [0.25, 0.3) is 0 Å². The second-order valence-electron chi connectivity index (χ2n) is 18.8. The Hall–Kier alpha value is -4.86. The van der Waals surface area contributed by atoms with Gasteiger partial charge in [-0.3, -0.25) is 0 Å². The van der Waals surface area contributed by atoms with Crippen molar-refractivity contribution in [3.63, 3.8) is 0 Å². The van der Waals surface area contributed by atoms with E-state index in [9.17, 15) is 0 Å². The van der Waals surface area contributed by atoms with Gasteiger partial charge in [-0.05, 0) is 112 Å². The van der Waals surface area contributed by atoms with E-state index in [2.05, 4.69) is 171 Å². The number of ether oxygens (including phenoxy) is 1. The molecule has 1 aliphatic rings. The largest absolute Gasteiger partial charge is 0.509 e. The molecule has 6 heteroatoms. The first-order valence-corrected chi connectivity index (χ1v) is 20.6. The third-order valence-electron chi connectivity index (χ3n) is 10.9. The van der Waals surface area contributed by atoms with Crippen LogP contribution in [0.25, 0.3) is 27.6 Å². The van der Waals surface area contributed by atoms with Crippen molar-refractivity contribution in [3.8, 4) is 17.3 Å². The minimum absolute atomic E-state index is 0. The van der Waals surface area contributed by atoms with Gasteiger partial charge in [0.2, 0.25) is 0 Å².